The lowest BCUT2D eigenvalue weighted by atomic mass is 9.87. The first kappa shape index (κ1) is 16.5. The number of aromatic nitrogens is 1. The summed E-state index contributed by atoms with van der Waals surface area (Å²) in [5.74, 6) is 0.485. The Hall–Kier alpha value is -1.97. The number of aryl methyl sites for hydroxylation is 1. The number of amides is 1. The Morgan fingerprint density at radius 1 is 1.20 bits per heavy atom. The van der Waals surface area contributed by atoms with E-state index in [-0.39, 0.29) is 5.91 Å². The molecule has 128 valence electrons. The smallest absolute Gasteiger partial charge is 0.255 e. The number of hydrogen-bond donors (Lipinski definition) is 2. The van der Waals surface area contributed by atoms with E-state index in [2.05, 4.69) is 17.2 Å². The molecule has 4 rings (SSSR count). The number of H-pyrrole nitrogens is 1. The lowest BCUT2D eigenvalue weighted by Gasteiger charge is -2.18. The molecule has 0 saturated carbocycles. The Kier molecular flexibility index (Phi) is 4.22. The van der Waals surface area contributed by atoms with E-state index in [9.17, 15) is 4.79 Å². The SMILES string of the molecule is CC1CCc2[nH]c3ccc(C(=O)Nc4cc(Cl)ccc4Cl)cc3c2C1. The largest absolute Gasteiger partial charge is 0.358 e. The first-order valence-electron chi connectivity index (χ1n) is 8.41. The fourth-order valence-electron chi connectivity index (χ4n) is 3.52. The van der Waals surface area contributed by atoms with Crippen molar-refractivity contribution in [2.24, 2.45) is 5.92 Å². The van der Waals surface area contributed by atoms with E-state index in [0.717, 1.165) is 23.7 Å². The van der Waals surface area contributed by atoms with Crippen molar-refractivity contribution in [1.82, 2.24) is 4.98 Å². The number of anilines is 1. The average Bonchev–Trinajstić information content (AvgIpc) is 2.95. The molecule has 0 radical (unpaired) electrons. The first-order chi connectivity index (χ1) is 12.0. The van der Waals surface area contributed by atoms with Gasteiger partial charge in [0.1, 0.15) is 0 Å². The molecule has 3 nitrogen and oxygen atoms in total. The Bertz CT molecular complexity index is 977. The Morgan fingerprint density at radius 2 is 2.04 bits per heavy atom. The van der Waals surface area contributed by atoms with Crippen LogP contribution in [0.25, 0.3) is 10.9 Å². The number of halogens is 2. The van der Waals surface area contributed by atoms with Crippen LogP contribution in [0, 0.1) is 5.92 Å². The molecule has 1 amide bonds. The maximum atomic E-state index is 12.7. The molecule has 0 fully saturated rings. The second kappa shape index (κ2) is 6.40. The molecule has 0 saturated heterocycles. The third kappa shape index (κ3) is 3.14. The molecule has 1 unspecified atom stereocenters. The van der Waals surface area contributed by atoms with Gasteiger partial charge in [-0.15, -0.1) is 0 Å². The van der Waals surface area contributed by atoms with Gasteiger partial charge >= 0.3 is 0 Å². The molecule has 1 aromatic heterocycles. The van der Waals surface area contributed by atoms with Gasteiger partial charge in [-0.05, 0) is 67.1 Å². The van der Waals surface area contributed by atoms with Gasteiger partial charge in [0.25, 0.3) is 5.91 Å². The minimum atomic E-state index is -0.190. The van der Waals surface area contributed by atoms with Crippen LogP contribution in [0.1, 0.15) is 35.0 Å². The molecular formula is C20H18Cl2N2O. The summed E-state index contributed by atoms with van der Waals surface area (Å²) in [5.41, 5.74) is 4.89. The summed E-state index contributed by atoms with van der Waals surface area (Å²) in [6, 6.07) is 10.8. The normalized spacial score (nSPS) is 16.7. The van der Waals surface area contributed by atoms with Crippen molar-refractivity contribution >= 4 is 45.7 Å². The summed E-state index contributed by atoms with van der Waals surface area (Å²) in [4.78, 5) is 16.2. The van der Waals surface area contributed by atoms with Crippen LogP contribution in [0.5, 0.6) is 0 Å². The van der Waals surface area contributed by atoms with E-state index >= 15 is 0 Å². The third-order valence-electron chi connectivity index (χ3n) is 4.87. The molecule has 2 aromatic carbocycles. The molecule has 0 bridgehead atoms. The predicted molar refractivity (Wildman–Crippen MR) is 104 cm³/mol. The summed E-state index contributed by atoms with van der Waals surface area (Å²) in [5, 5.41) is 4.99. The van der Waals surface area contributed by atoms with Gasteiger partial charge in [-0.3, -0.25) is 4.79 Å². The lowest BCUT2D eigenvalue weighted by Crippen LogP contribution is -2.12. The molecule has 25 heavy (non-hydrogen) atoms. The zero-order valence-corrected chi connectivity index (χ0v) is 15.3. The molecule has 0 aliphatic heterocycles. The summed E-state index contributed by atoms with van der Waals surface area (Å²) in [6.45, 7) is 2.28. The van der Waals surface area contributed by atoms with E-state index in [1.54, 1.807) is 18.2 Å². The number of benzene rings is 2. The highest BCUT2D eigenvalue weighted by atomic mass is 35.5. The van der Waals surface area contributed by atoms with Crippen molar-refractivity contribution in [3.8, 4) is 0 Å². The van der Waals surface area contributed by atoms with Gasteiger partial charge in [-0.2, -0.15) is 0 Å². The van der Waals surface area contributed by atoms with Gasteiger partial charge in [0.2, 0.25) is 0 Å². The zero-order chi connectivity index (χ0) is 17.6. The van der Waals surface area contributed by atoms with Crippen LogP contribution in [0.3, 0.4) is 0 Å². The summed E-state index contributed by atoms with van der Waals surface area (Å²) >= 11 is 12.1. The molecule has 1 aliphatic carbocycles. The van der Waals surface area contributed by atoms with Crippen molar-refractivity contribution in [2.45, 2.75) is 26.2 Å². The van der Waals surface area contributed by atoms with Crippen molar-refractivity contribution in [1.29, 1.82) is 0 Å². The number of aromatic amines is 1. The van der Waals surface area contributed by atoms with Gasteiger partial charge < -0.3 is 10.3 Å². The van der Waals surface area contributed by atoms with Crippen LogP contribution in [-0.2, 0) is 12.8 Å². The number of carbonyl (C=O) groups is 1. The quantitative estimate of drug-likeness (QED) is 0.581. The van der Waals surface area contributed by atoms with Gasteiger partial charge in [0, 0.05) is 27.2 Å². The highest BCUT2D eigenvalue weighted by molar-refractivity contribution is 6.35. The highest BCUT2D eigenvalue weighted by Crippen LogP contribution is 2.32. The molecule has 2 N–H and O–H groups in total. The fourth-order valence-corrected chi connectivity index (χ4v) is 3.86. The molecule has 1 heterocycles. The molecule has 1 aliphatic rings. The summed E-state index contributed by atoms with van der Waals surface area (Å²) in [6.07, 6.45) is 3.34. The zero-order valence-electron chi connectivity index (χ0n) is 13.8. The number of hydrogen-bond acceptors (Lipinski definition) is 1. The van der Waals surface area contributed by atoms with Crippen LogP contribution >= 0.6 is 23.2 Å². The van der Waals surface area contributed by atoms with Crippen LogP contribution < -0.4 is 5.32 Å². The van der Waals surface area contributed by atoms with Crippen LogP contribution in [-0.4, -0.2) is 10.9 Å². The van der Waals surface area contributed by atoms with E-state index in [0.29, 0.717) is 27.2 Å². The molecular weight excluding hydrogens is 355 g/mol. The molecule has 1 atom stereocenters. The van der Waals surface area contributed by atoms with E-state index < -0.39 is 0 Å². The Labute approximate surface area is 156 Å². The maximum absolute atomic E-state index is 12.7. The second-order valence-corrected chi connectivity index (χ2v) is 7.61. The van der Waals surface area contributed by atoms with Crippen LogP contribution in [0.15, 0.2) is 36.4 Å². The summed E-state index contributed by atoms with van der Waals surface area (Å²) < 4.78 is 0. The monoisotopic (exact) mass is 372 g/mol. The van der Waals surface area contributed by atoms with E-state index in [1.165, 1.54) is 17.7 Å². The second-order valence-electron chi connectivity index (χ2n) is 6.77. The number of fused-ring (bicyclic) bond motifs is 3. The van der Waals surface area contributed by atoms with Crippen molar-refractivity contribution in [2.75, 3.05) is 5.32 Å². The van der Waals surface area contributed by atoms with E-state index in [4.69, 9.17) is 23.2 Å². The molecule has 3 aromatic rings. The van der Waals surface area contributed by atoms with Gasteiger partial charge in [-0.25, -0.2) is 0 Å². The minimum absolute atomic E-state index is 0.190. The number of rotatable bonds is 2. The Morgan fingerprint density at radius 3 is 2.88 bits per heavy atom. The average molecular weight is 373 g/mol. The topological polar surface area (TPSA) is 44.9 Å². The lowest BCUT2D eigenvalue weighted by molar-refractivity contribution is 0.102. The van der Waals surface area contributed by atoms with Crippen LogP contribution in [0.4, 0.5) is 5.69 Å². The van der Waals surface area contributed by atoms with Crippen molar-refractivity contribution in [3.63, 3.8) is 0 Å². The standard InChI is InChI=1S/C20H18Cl2N2O/c1-11-2-6-17-14(8-11)15-9-12(3-7-18(15)23-17)20(25)24-19-10-13(21)4-5-16(19)22/h3-5,7,9-11,23H,2,6,8H2,1H3,(H,24,25). The van der Waals surface area contributed by atoms with Gasteiger partial charge in [0.05, 0.1) is 10.7 Å². The predicted octanol–water partition coefficient (Wildman–Crippen LogP) is 5.85. The fraction of sp³-hybridized carbons (Fsp3) is 0.250. The van der Waals surface area contributed by atoms with E-state index in [1.807, 2.05) is 18.2 Å². The molecule has 0 spiro atoms. The van der Waals surface area contributed by atoms with Gasteiger partial charge in [-0.1, -0.05) is 30.1 Å². The number of nitrogens with one attached hydrogen (secondary N) is 2. The third-order valence-corrected chi connectivity index (χ3v) is 5.44. The van der Waals surface area contributed by atoms with Crippen molar-refractivity contribution in [3.05, 3.63) is 63.3 Å². The first-order valence-corrected chi connectivity index (χ1v) is 9.17. The van der Waals surface area contributed by atoms with Crippen molar-refractivity contribution < 1.29 is 4.79 Å². The maximum Gasteiger partial charge on any atom is 0.255 e. The Balaban J connectivity index is 1.68. The molecule has 5 heteroatoms. The summed E-state index contributed by atoms with van der Waals surface area (Å²) in [7, 11) is 0. The van der Waals surface area contributed by atoms with Gasteiger partial charge in [0.15, 0.2) is 0 Å². The highest BCUT2D eigenvalue weighted by Gasteiger charge is 2.20. The van der Waals surface area contributed by atoms with Crippen LogP contribution in [0.2, 0.25) is 10.0 Å². The number of carbonyl (C=O) groups excluding carboxylic acids is 1. The minimum Gasteiger partial charge on any atom is -0.358 e.